The average Bonchev–Trinajstić information content (AvgIpc) is 2.86. The molecule has 0 aliphatic heterocycles. The fourth-order valence-electron chi connectivity index (χ4n) is 3.98. The summed E-state index contributed by atoms with van der Waals surface area (Å²) in [5.74, 6) is -0.132. The number of hydrogen-bond donors (Lipinski definition) is 1. The van der Waals surface area contributed by atoms with Crippen molar-refractivity contribution in [2.45, 2.75) is 65.1 Å². The molecule has 0 aliphatic rings. The predicted octanol–water partition coefficient (Wildman–Crippen LogP) is 6.24. The third-order valence-electron chi connectivity index (χ3n) is 6.26. The number of hydrogen-bond acceptors (Lipinski definition) is 2. The van der Waals surface area contributed by atoms with Gasteiger partial charge in [-0.3, -0.25) is 9.59 Å². The maximum absolute atomic E-state index is 13.7. The third-order valence-corrected chi connectivity index (χ3v) is 6.76. The second-order valence-electron chi connectivity index (χ2n) is 9.16. The molecule has 0 fully saturated rings. The molecule has 0 spiro atoms. The molecule has 184 valence electrons. The molecular weight excluding hydrogens is 500 g/mol. The first kappa shape index (κ1) is 26.7. The molecule has 3 rings (SSSR count). The van der Waals surface area contributed by atoms with E-state index in [2.05, 4.69) is 52.4 Å². The van der Waals surface area contributed by atoms with Gasteiger partial charge in [0.25, 0.3) is 0 Å². The Morgan fingerprint density at radius 1 is 0.914 bits per heavy atom. The molecule has 0 aliphatic carbocycles. The summed E-state index contributed by atoms with van der Waals surface area (Å²) in [5, 5.41) is 3.12. The van der Waals surface area contributed by atoms with Crippen molar-refractivity contribution in [2.75, 3.05) is 0 Å². The van der Waals surface area contributed by atoms with Gasteiger partial charge < -0.3 is 10.2 Å². The van der Waals surface area contributed by atoms with E-state index >= 15 is 0 Å². The van der Waals surface area contributed by atoms with Crippen LogP contribution in [0.15, 0.2) is 83.3 Å². The number of carbonyl (C=O) groups is 2. The Morgan fingerprint density at radius 3 is 2.26 bits per heavy atom. The van der Waals surface area contributed by atoms with Crippen molar-refractivity contribution in [3.8, 4) is 0 Å². The highest BCUT2D eigenvalue weighted by Gasteiger charge is 2.30. The van der Waals surface area contributed by atoms with Gasteiger partial charge in [-0.05, 0) is 55.5 Å². The van der Waals surface area contributed by atoms with Crippen molar-refractivity contribution in [1.82, 2.24) is 10.2 Å². The first-order chi connectivity index (χ1) is 16.9. The molecule has 5 heteroatoms. The highest BCUT2D eigenvalue weighted by Crippen LogP contribution is 2.19. The van der Waals surface area contributed by atoms with Gasteiger partial charge in [0.2, 0.25) is 11.8 Å². The van der Waals surface area contributed by atoms with Gasteiger partial charge in [0, 0.05) is 29.9 Å². The number of halogens is 1. The smallest absolute Gasteiger partial charge is 0.243 e. The zero-order chi connectivity index (χ0) is 25.2. The van der Waals surface area contributed by atoms with Crippen LogP contribution in [0.4, 0.5) is 0 Å². The van der Waals surface area contributed by atoms with Gasteiger partial charge in [-0.2, -0.15) is 0 Å². The van der Waals surface area contributed by atoms with E-state index in [-0.39, 0.29) is 17.9 Å². The summed E-state index contributed by atoms with van der Waals surface area (Å²) in [6.45, 7) is 6.47. The minimum Gasteiger partial charge on any atom is -0.352 e. The van der Waals surface area contributed by atoms with Crippen LogP contribution in [0.25, 0.3) is 0 Å². The van der Waals surface area contributed by atoms with Crippen molar-refractivity contribution >= 4 is 27.7 Å². The van der Waals surface area contributed by atoms with Crippen LogP contribution in [-0.2, 0) is 29.0 Å². The predicted molar refractivity (Wildman–Crippen MR) is 146 cm³/mol. The first-order valence-corrected chi connectivity index (χ1v) is 13.1. The standard InChI is InChI=1S/C30H35BrN2O2/c1-4-23(3)32-30(35)28(20-25-9-6-5-7-10-25)33(21-26-11-8-12-27(31)19-26)29(34)18-17-24-15-13-22(2)14-16-24/h5-16,19,23,28H,4,17-18,20-21H2,1-3H3,(H,32,35)/t23-,28+/m1/s1. The van der Waals surface area contributed by atoms with Crippen molar-refractivity contribution in [2.24, 2.45) is 0 Å². The molecule has 1 N–H and O–H groups in total. The molecule has 0 unspecified atom stereocenters. The lowest BCUT2D eigenvalue weighted by molar-refractivity contribution is -0.141. The van der Waals surface area contributed by atoms with Crippen LogP contribution < -0.4 is 5.32 Å². The fraction of sp³-hybridized carbons (Fsp3) is 0.333. The normalized spacial score (nSPS) is 12.6. The van der Waals surface area contributed by atoms with Crippen LogP contribution >= 0.6 is 15.9 Å². The minimum absolute atomic E-state index is 0.0224. The Bertz CT molecular complexity index is 1100. The zero-order valence-corrected chi connectivity index (χ0v) is 22.4. The lowest BCUT2D eigenvalue weighted by Crippen LogP contribution is -2.52. The monoisotopic (exact) mass is 534 g/mol. The van der Waals surface area contributed by atoms with Crippen molar-refractivity contribution in [1.29, 1.82) is 0 Å². The van der Waals surface area contributed by atoms with Crippen LogP contribution in [0.3, 0.4) is 0 Å². The summed E-state index contributed by atoms with van der Waals surface area (Å²) in [6.07, 6.45) is 2.28. The van der Waals surface area contributed by atoms with E-state index in [1.165, 1.54) is 5.56 Å². The van der Waals surface area contributed by atoms with E-state index in [1.54, 1.807) is 4.90 Å². The number of rotatable bonds is 11. The number of nitrogens with one attached hydrogen (secondary N) is 1. The summed E-state index contributed by atoms with van der Waals surface area (Å²) < 4.78 is 0.950. The van der Waals surface area contributed by atoms with Gasteiger partial charge in [0.05, 0.1) is 0 Å². The van der Waals surface area contributed by atoms with Gasteiger partial charge >= 0.3 is 0 Å². The Morgan fingerprint density at radius 2 is 1.60 bits per heavy atom. The molecule has 35 heavy (non-hydrogen) atoms. The SMILES string of the molecule is CC[C@@H](C)NC(=O)[C@H](Cc1ccccc1)N(Cc1cccc(Br)c1)C(=O)CCc1ccc(C)cc1. The summed E-state index contributed by atoms with van der Waals surface area (Å²) >= 11 is 3.54. The Kier molecular flexibility index (Phi) is 10.1. The number of amides is 2. The Balaban J connectivity index is 1.90. The second kappa shape index (κ2) is 13.2. The molecule has 4 nitrogen and oxygen atoms in total. The maximum atomic E-state index is 13.7. The first-order valence-electron chi connectivity index (χ1n) is 12.3. The minimum atomic E-state index is -0.601. The molecule has 3 aromatic rings. The van der Waals surface area contributed by atoms with Gasteiger partial charge in [0.1, 0.15) is 6.04 Å². The number of aryl methyl sites for hydroxylation is 2. The number of nitrogens with zero attached hydrogens (tertiary/aromatic N) is 1. The van der Waals surface area contributed by atoms with Crippen molar-refractivity contribution < 1.29 is 9.59 Å². The van der Waals surface area contributed by atoms with Crippen molar-refractivity contribution in [3.05, 3.63) is 106 Å². The van der Waals surface area contributed by atoms with E-state index in [4.69, 9.17) is 0 Å². The molecule has 0 saturated carbocycles. The molecule has 0 saturated heterocycles. The Hall–Kier alpha value is -2.92. The second-order valence-corrected chi connectivity index (χ2v) is 10.1. The molecule has 0 heterocycles. The quantitative estimate of drug-likeness (QED) is 0.316. The molecule has 3 aromatic carbocycles. The lowest BCUT2D eigenvalue weighted by atomic mass is 10.0. The highest BCUT2D eigenvalue weighted by atomic mass is 79.9. The van der Waals surface area contributed by atoms with Crippen LogP contribution in [0, 0.1) is 6.92 Å². The summed E-state index contributed by atoms with van der Waals surface area (Å²) in [6, 6.07) is 25.6. The molecule has 2 amide bonds. The molecule has 0 radical (unpaired) electrons. The van der Waals surface area contributed by atoms with Crippen molar-refractivity contribution in [3.63, 3.8) is 0 Å². The topological polar surface area (TPSA) is 49.4 Å². The molecular formula is C30H35BrN2O2. The van der Waals surface area contributed by atoms with E-state index in [9.17, 15) is 9.59 Å². The van der Waals surface area contributed by atoms with Crippen LogP contribution in [0.1, 0.15) is 48.9 Å². The van der Waals surface area contributed by atoms with Gasteiger partial charge in [-0.15, -0.1) is 0 Å². The molecule has 0 aromatic heterocycles. The van der Waals surface area contributed by atoms with E-state index in [0.717, 1.165) is 27.6 Å². The van der Waals surface area contributed by atoms with Crippen LogP contribution in [-0.4, -0.2) is 28.8 Å². The number of carbonyl (C=O) groups excluding carboxylic acids is 2. The third kappa shape index (κ3) is 8.36. The van der Waals surface area contributed by atoms with Gasteiger partial charge in [-0.25, -0.2) is 0 Å². The summed E-state index contributed by atoms with van der Waals surface area (Å²) in [4.78, 5) is 29.0. The zero-order valence-electron chi connectivity index (χ0n) is 20.8. The van der Waals surface area contributed by atoms with Crippen LogP contribution in [0.2, 0.25) is 0 Å². The molecule has 2 atom stereocenters. The Labute approximate surface area is 217 Å². The summed E-state index contributed by atoms with van der Waals surface area (Å²) in [5.41, 5.74) is 4.33. The largest absolute Gasteiger partial charge is 0.352 e. The van der Waals surface area contributed by atoms with Gasteiger partial charge in [0.15, 0.2) is 0 Å². The van der Waals surface area contributed by atoms with E-state index in [1.807, 2.05) is 68.4 Å². The lowest BCUT2D eigenvalue weighted by Gasteiger charge is -2.32. The maximum Gasteiger partial charge on any atom is 0.243 e. The summed E-state index contributed by atoms with van der Waals surface area (Å²) in [7, 11) is 0. The number of benzene rings is 3. The van der Waals surface area contributed by atoms with E-state index < -0.39 is 6.04 Å². The van der Waals surface area contributed by atoms with Crippen LogP contribution in [0.5, 0.6) is 0 Å². The fourth-order valence-corrected chi connectivity index (χ4v) is 4.42. The molecule has 0 bridgehead atoms. The van der Waals surface area contributed by atoms with Gasteiger partial charge in [-0.1, -0.05) is 95.1 Å². The average molecular weight is 536 g/mol. The highest BCUT2D eigenvalue weighted by molar-refractivity contribution is 9.10. The van der Waals surface area contributed by atoms with E-state index in [0.29, 0.717) is 25.8 Å².